The second-order valence-corrected chi connectivity index (χ2v) is 12.5. The third kappa shape index (κ3) is 4.60. The molecule has 0 bridgehead atoms. The Kier molecular flexibility index (Phi) is 5.74. The molecule has 0 radical (unpaired) electrons. The normalized spacial score (nSPS) is 20.9. The van der Waals surface area contributed by atoms with E-state index in [9.17, 15) is 4.79 Å². The van der Waals surface area contributed by atoms with E-state index >= 15 is 0 Å². The molecular formula is C22H28O2Si. The zero-order chi connectivity index (χ0) is 17.7. The van der Waals surface area contributed by atoms with E-state index < -0.39 is 8.07 Å². The minimum absolute atomic E-state index is 0.0200. The smallest absolute Gasteiger partial charge is 0.303 e. The van der Waals surface area contributed by atoms with Crippen molar-refractivity contribution >= 4 is 19.2 Å². The van der Waals surface area contributed by atoms with Crippen LogP contribution in [0.1, 0.15) is 37.2 Å². The number of ether oxygens (including phenoxy) is 1. The molecule has 1 fully saturated rings. The van der Waals surface area contributed by atoms with Gasteiger partial charge in [-0.05, 0) is 24.8 Å². The second kappa shape index (κ2) is 8.00. The highest BCUT2D eigenvalue weighted by Crippen LogP contribution is 2.35. The van der Waals surface area contributed by atoms with Crippen LogP contribution in [0.4, 0.5) is 0 Å². The number of esters is 1. The lowest BCUT2D eigenvalue weighted by atomic mass is 9.81. The fraction of sp³-hybridized carbons (Fsp3) is 0.409. The van der Waals surface area contributed by atoms with Crippen LogP contribution < -0.4 is 5.19 Å². The van der Waals surface area contributed by atoms with Gasteiger partial charge in [0.25, 0.3) is 0 Å². The summed E-state index contributed by atoms with van der Waals surface area (Å²) in [5.41, 5.74) is 1.31. The van der Waals surface area contributed by atoms with Crippen LogP contribution in [0.25, 0.3) is 0 Å². The Hall–Kier alpha value is -1.87. The molecule has 2 aromatic carbocycles. The Morgan fingerprint density at radius 3 is 2.24 bits per heavy atom. The van der Waals surface area contributed by atoms with E-state index in [1.807, 2.05) is 12.1 Å². The van der Waals surface area contributed by atoms with E-state index in [1.165, 1.54) is 17.2 Å². The molecule has 3 rings (SSSR count). The first-order valence-electron chi connectivity index (χ1n) is 9.36. The van der Waals surface area contributed by atoms with Gasteiger partial charge in [0.1, 0.15) is 6.10 Å². The third-order valence-corrected chi connectivity index (χ3v) is 8.42. The first-order valence-corrected chi connectivity index (χ1v) is 12.6. The molecule has 2 aromatic rings. The van der Waals surface area contributed by atoms with Gasteiger partial charge in [0.2, 0.25) is 0 Å². The van der Waals surface area contributed by atoms with Crippen molar-refractivity contribution in [3.8, 4) is 0 Å². The number of carbonyl (C=O) groups excluding carboxylic acids is 1. The lowest BCUT2D eigenvalue weighted by Crippen LogP contribution is -2.44. The van der Waals surface area contributed by atoms with Crippen LogP contribution in [0.15, 0.2) is 60.7 Å². The van der Waals surface area contributed by atoms with Crippen LogP contribution >= 0.6 is 0 Å². The van der Waals surface area contributed by atoms with Crippen molar-refractivity contribution in [3.63, 3.8) is 0 Å². The lowest BCUT2D eigenvalue weighted by Gasteiger charge is -2.32. The Balaban J connectivity index is 1.66. The van der Waals surface area contributed by atoms with E-state index in [1.54, 1.807) is 0 Å². The van der Waals surface area contributed by atoms with Gasteiger partial charge in [-0.1, -0.05) is 85.4 Å². The molecule has 3 heteroatoms. The summed E-state index contributed by atoms with van der Waals surface area (Å²) in [6.45, 7) is 4.50. The van der Waals surface area contributed by atoms with E-state index in [-0.39, 0.29) is 12.1 Å². The van der Waals surface area contributed by atoms with Crippen LogP contribution in [-0.4, -0.2) is 20.1 Å². The number of hydrogen-bond donors (Lipinski definition) is 0. The lowest BCUT2D eigenvalue weighted by molar-refractivity contribution is -0.148. The van der Waals surface area contributed by atoms with Crippen molar-refractivity contribution in [2.24, 2.45) is 0 Å². The Bertz CT molecular complexity index is 682. The van der Waals surface area contributed by atoms with Crippen LogP contribution in [0.2, 0.25) is 19.1 Å². The van der Waals surface area contributed by atoms with Gasteiger partial charge in [-0.15, -0.1) is 0 Å². The zero-order valence-corrected chi connectivity index (χ0v) is 16.3. The van der Waals surface area contributed by atoms with E-state index in [0.29, 0.717) is 12.0 Å². The highest BCUT2D eigenvalue weighted by atomic mass is 28.3. The summed E-state index contributed by atoms with van der Waals surface area (Å²) in [7, 11) is -1.80. The highest BCUT2D eigenvalue weighted by molar-refractivity contribution is 6.91. The van der Waals surface area contributed by atoms with Gasteiger partial charge in [-0.25, -0.2) is 0 Å². The van der Waals surface area contributed by atoms with Crippen molar-refractivity contribution in [3.05, 3.63) is 66.2 Å². The van der Waals surface area contributed by atoms with Crippen molar-refractivity contribution in [2.75, 3.05) is 0 Å². The molecule has 2 atom stereocenters. The van der Waals surface area contributed by atoms with Crippen molar-refractivity contribution in [1.82, 2.24) is 0 Å². The predicted molar refractivity (Wildman–Crippen MR) is 106 cm³/mol. The van der Waals surface area contributed by atoms with Gasteiger partial charge in [-0.2, -0.15) is 0 Å². The molecule has 25 heavy (non-hydrogen) atoms. The topological polar surface area (TPSA) is 26.3 Å². The van der Waals surface area contributed by atoms with Crippen LogP contribution in [0.3, 0.4) is 0 Å². The molecular weight excluding hydrogens is 324 g/mol. The SMILES string of the molecule is C[Si](C)(CC(=O)OC1CCCCC1c1ccccc1)c1ccccc1. The molecule has 0 heterocycles. The maximum Gasteiger partial charge on any atom is 0.303 e. The second-order valence-electron chi connectivity index (χ2n) is 7.76. The fourth-order valence-electron chi connectivity index (χ4n) is 3.88. The molecule has 1 saturated carbocycles. The number of rotatable bonds is 5. The molecule has 1 aliphatic carbocycles. The summed E-state index contributed by atoms with van der Waals surface area (Å²) >= 11 is 0. The summed E-state index contributed by atoms with van der Waals surface area (Å²) in [6.07, 6.45) is 4.50. The average molecular weight is 353 g/mol. The first kappa shape index (κ1) is 17.9. The van der Waals surface area contributed by atoms with Crippen LogP contribution in [0, 0.1) is 0 Å². The van der Waals surface area contributed by atoms with E-state index in [4.69, 9.17) is 4.74 Å². The summed E-state index contributed by atoms with van der Waals surface area (Å²) in [4.78, 5) is 12.7. The van der Waals surface area contributed by atoms with Gasteiger partial charge in [0.15, 0.2) is 0 Å². The highest BCUT2D eigenvalue weighted by Gasteiger charge is 2.32. The number of hydrogen-bond acceptors (Lipinski definition) is 2. The van der Waals surface area contributed by atoms with Gasteiger partial charge in [0, 0.05) is 12.0 Å². The Labute approximate surface area is 152 Å². The van der Waals surface area contributed by atoms with Crippen molar-refractivity contribution in [2.45, 2.75) is 56.8 Å². The summed E-state index contributed by atoms with van der Waals surface area (Å²) in [6, 6.07) is 21.5. The molecule has 0 aromatic heterocycles. The Morgan fingerprint density at radius 1 is 0.960 bits per heavy atom. The third-order valence-electron chi connectivity index (χ3n) is 5.35. The maximum absolute atomic E-state index is 12.7. The standard InChI is InChI=1S/C22H28O2Si/c1-25(2,19-13-7-4-8-14-19)17-22(23)24-21-16-10-9-15-20(21)18-11-5-3-6-12-18/h3-8,11-14,20-21H,9-10,15-17H2,1-2H3. The predicted octanol–water partition coefficient (Wildman–Crippen LogP) is 4.87. The molecule has 2 nitrogen and oxygen atoms in total. The minimum atomic E-state index is -1.80. The van der Waals surface area contributed by atoms with Crippen LogP contribution in [-0.2, 0) is 9.53 Å². The molecule has 1 aliphatic rings. The fourth-order valence-corrected chi connectivity index (χ4v) is 5.99. The molecule has 132 valence electrons. The van der Waals surface area contributed by atoms with Gasteiger partial charge in [-0.3, -0.25) is 4.79 Å². The van der Waals surface area contributed by atoms with Crippen molar-refractivity contribution < 1.29 is 9.53 Å². The molecule has 0 amide bonds. The Morgan fingerprint density at radius 2 is 1.56 bits per heavy atom. The first-order chi connectivity index (χ1) is 12.1. The summed E-state index contributed by atoms with van der Waals surface area (Å²) in [5, 5.41) is 1.32. The maximum atomic E-state index is 12.7. The zero-order valence-electron chi connectivity index (χ0n) is 15.3. The molecule has 2 unspecified atom stereocenters. The summed E-state index contributed by atoms with van der Waals surface area (Å²) < 4.78 is 6.01. The van der Waals surface area contributed by atoms with Gasteiger partial charge in [0.05, 0.1) is 8.07 Å². The quantitative estimate of drug-likeness (QED) is 0.567. The van der Waals surface area contributed by atoms with Gasteiger partial charge >= 0.3 is 5.97 Å². The molecule has 0 saturated heterocycles. The molecule has 0 spiro atoms. The largest absolute Gasteiger partial charge is 0.462 e. The van der Waals surface area contributed by atoms with E-state index in [0.717, 1.165) is 19.3 Å². The molecule has 0 N–H and O–H groups in total. The van der Waals surface area contributed by atoms with Gasteiger partial charge < -0.3 is 4.74 Å². The summed E-state index contributed by atoms with van der Waals surface area (Å²) in [5.74, 6) is 0.328. The van der Waals surface area contributed by atoms with E-state index in [2.05, 4.69) is 61.6 Å². The molecule has 0 aliphatic heterocycles. The van der Waals surface area contributed by atoms with Crippen LogP contribution in [0.5, 0.6) is 0 Å². The number of benzene rings is 2. The van der Waals surface area contributed by atoms with Crippen molar-refractivity contribution in [1.29, 1.82) is 0 Å². The number of carbonyl (C=O) groups is 1. The average Bonchev–Trinajstić information content (AvgIpc) is 2.63. The minimum Gasteiger partial charge on any atom is -0.462 e. The monoisotopic (exact) mass is 352 g/mol.